The summed E-state index contributed by atoms with van der Waals surface area (Å²) in [6.45, 7) is 13.0. The van der Waals surface area contributed by atoms with Crippen molar-refractivity contribution in [2.24, 2.45) is 45.3 Å². The Morgan fingerprint density at radius 2 is 1.07 bits per heavy atom. The number of fused-ring (bicyclic) bond motifs is 5. The summed E-state index contributed by atoms with van der Waals surface area (Å²) < 4.78 is 59.6. The quantitative estimate of drug-likeness (QED) is 0.0512. The SMILES string of the molecule is C[C@H](CC[C@@H](O[C@@H]1O[C@H](CO[C@H]2O[C@H](CO)[C@@H](O)[C@H](O)[C@H]2O)[C@@H](O)[C@H](O)[C@H]1O[C@@H]1O[C@H](CO)C[C@H](O)[C@H]1O)C(C)(C)O)C1CC[C@@]2(C)C3CC=C4C(CC[C@H](O[C@@H]5O[C@H](CO[C@H]6O[C@H](CO)[C@@H](O)[C@H](O)[C@H]6O)[C@@H](O)[C@H](O)[C@H]5O)C4(C)C)[C@]3(C)[C@H](O)C[C@]12C. The predicted octanol–water partition coefficient (Wildman–Crippen LogP) is -4.38. The molecular formula is C60H102O28. The summed E-state index contributed by atoms with van der Waals surface area (Å²) in [6, 6.07) is 0. The van der Waals surface area contributed by atoms with Crippen LogP contribution in [-0.4, -0.2) is 296 Å². The lowest BCUT2D eigenvalue weighted by atomic mass is 9.38. The van der Waals surface area contributed by atoms with Crippen LogP contribution in [0.2, 0.25) is 0 Å². The molecule has 3 unspecified atom stereocenters. The van der Waals surface area contributed by atoms with Gasteiger partial charge < -0.3 is 139 Å². The Hall–Kier alpha value is -1.38. The van der Waals surface area contributed by atoms with Crippen molar-refractivity contribution in [1.29, 1.82) is 0 Å². The van der Waals surface area contributed by atoms with Gasteiger partial charge in [-0.25, -0.2) is 0 Å². The van der Waals surface area contributed by atoms with Gasteiger partial charge in [0.15, 0.2) is 31.5 Å². The number of allylic oxidation sites excluding steroid dienone is 1. The molecule has 34 atom stereocenters. The summed E-state index contributed by atoms with van der Waals surface area (Å²) in [6.07, 6.45) is -33.7. The first-order valence-corrected chi connectivity index (χ1v) is 31.4. The molecule has 0 amide bonds. The normalized spacial score (nSPS) is 51.4. The molecule has 0 aromatic carbocycles. The third-order valence-electron chi connectivity index (χ3n) is 22.7. The molecule has 8 fully saturated rings. The number of hydrogen-bond acceptors (Lipinski definition) is 28. The highest BCUT2D eigenvalue weighted by Crippen LogP contribution is 2.75. The molecular weight excluding hydrogens is 1170 g/mol. The first kappa shape index (κ1) is 70.9. The van der Waals surface area contributed by atoms with Crippen molar-refractivity contribution >= 4 is 0 Å². The Morgan fingerprint density at radius 1 is 0.557 bits per heavy atom. The number of aliphatic hydroxyl groups excluding tert-OH is 17. The van der Waals surface area contributed by atoms with Gasteiger partial charge in [0, 0.05) is 17.3 Å². The highest BCUT2D eigenvalue weighted by atomic mass is 16.8. The van der Waals surface area contributed by atoms with Crippen molar-refractivity contribution in [2.45, 2.75) is 285 Å². The van der Waals surface area contributed by atoms with Gasteiger partial charge in [-0.1, -0.05) is 53.2 Å². The summed E-state index contributed by atoms with van der Waals surface area (Å²) in [5.74, 6) is 0.0600. The van der Waals surface area contributed by atoms with E-state index in [9.17, 15) is 91.9 Å². The van der Waals surface area contributed by atoms with Gasteiger partial charge in [-0.15, -0.1) is 0 Å². The molecule has 5 aliphatic heterocycles. The second-order valence-electron chi connectivity index (χ2n) is 28.6. The van der Waals surface area contributed by atoms with Gasteiger partial charge in [0.05, 0.1) is 69.2 Å². The summed E-state index contributed by atoms with van der Waals surface area (Å²) in [5, 5.41) is 195. The van der Waals surface area contributed by atoms with Gasteiger partial charge in [-0.3, -0.25) is 0 Å². The molecule has 9 aliphatic rings. The van der Waals surface area contributed by atoms with Gasteiger partial charge in [0.2, 0.25) is 0 Å². The van der Waals surface area contributed by atoms with Crippen LogP contribution < -0.4 is 0 Å². The monoisotopic (exact) mass is 1270 g/mol. The van der Waals surface area contributed by atoms with Gasteiger partial charge in [-0.05, 0) is 99.7 Å². The third-order valence-corrected chi connectivity index (χ3v) is 22.7. The highest BCUT2D eigenvalue weighted by molar-refractivity contribution is 5.32. The summed E-state index contributed by atoms with van der Waals surface area (Å²) in [5.41, 5.74) is -2.38. The fourth-order valence-electron chi connectivity index (χ4n) is 17.0. The van der Waals surface area contributed by atoms with E-state index in [-0.39, 0.29) is 47.3 Å². The molecule has 3 saturated carbocycles. The van der Waals surface area contributed by atoms with Crippen molar-refractivity contribution in [1.82, 2.24) is 0 Å². The van der Waals surface area contributed by atoms with E-state index in [4.69, 9.17) is 47.4 Å². The molecule has 0 aromatic rings. The largest absolute Gasteiger partial charge is 0.394 e. The van der Waals surface area contributed by atoms with E-state index in [1.165, 1.54) is 13.8 Å². The van der Waals surface area contributed by atoms with Gasteiger partial charge in [-0.2, -0.15) is 0 Å². The second kappa shape index (κ2) is 27.4. The smallest absolute Gasteiger partial charge is 0.187 e. The van der Waals surface area contributed by atoms with E-state index in [0.717, 1.165) is 18.4 Å². The summed E-state index contributed by atoms with van der Waals surface area (Å²) in [7, 11) is 0. The van der Waals surface area contributed by atoms with Crippen LogP contribution in [-0.2, 0) is 47.4 Å². The molecule has 0 radical (unpaired) electrons. The molecule has 4 aliphatic carbocycles. The fourth-order valence-corrected chi connectivity index (χ4v) is 17.0. The lowest BCUT2D eigenvalue weighted by molar-refractivity contribution is -0.374. The molecule has 28 nitrogen and oxygen atoms in total. The van der Waals surface area contributed by atoms with E-state index in [1.807, 2.05) is 13.8 Å². The number of rotatable bonds is 20. The molecule has 88 heavy (non-hydrogen) atoms. The maximum absolute atomic E-state index is 12.8. The molecule has 0 aromatic heterocycles. The van der Waals surface area contributed by atoms with Crippen molar-refractivity contribution in [3.63, 3.8) is 0 Å². The summed E-state index contributed by atoms with van der Waals surface area (Å²) in [4.78, 5) is 0. The Bertz CT molecular complexity index is 2310. The van der Waals surface area contributed by atoms with Crippen LogP contribution in [0.1, 0.15) is 113 Å². The van der Waals surface area contributed by atoms with Crippen molar-refractivity contribution in [3.05, 3.63) is 11.6 Å². The first-order valence-electron chi connectivity index (χ1n) is 31.4. The van der Waals surface area contributed by atoms with E-state index in [1.54, 1.807) is 0 Å². The van der Waals surface area contributed by atoms with Gasteiger partial charge in [0.25, 0.3) is 0 Å². The van der Waals surface area contributed by atoms with Crippen molar-refractivity contribution in [3.8, 4) is 0 Å². The fraction of sp³-hybridized carbons (Fsp3) is 0.967. The lowest BCUT2D eigenvalue weighted by Crippen LogP contribution is -2.65. The number of hydrogen-bond donors (Lipinski definition) is 18. The van der Waals surface area contributed by atoms with E-state index >= 15 is 0 Å². The maximum atomic E-state index is 12.8. The summed E-state index contributed by atoms with van der Waals surface area (Å²) >= 11 is 0. The average molecular weight is 1270 g/mol. The van der Waals surface area contributed by atoms with Crippen LogP contribution in [0, 0.1) is 45.3 Å². The molecule has 0 spiro atoms. The van der Waals surface area contributed by atoms with Crippen LogP contribution >= 0.6 is 0 Å². The topological polar surface area (TPSA) is 456 Å². The van der Waals surface area contributed by atoms with Crippen LogP contribution in [0.25, 0.3) is 0 Å². The van der Waals surface area contributed by atoms with Crippen LogP contribution in [0.3, 0.4) is 0 Å². The van der Waals surface area contributed by atoms with Crippen molar-refractivity contribution < 1.29 is 139 Å². The second-order valence-corrected chi connectivity index (χ2v) is 28.6. The molecule has 510 valence electrons. The Kier molecular flexibility index (Phi) is 22.1. The van der Waals surface area contributed by atoms with Gasteiger partial charge >= 0.3 is 0 Å². The number of ether oxygens (including phenoxy) is 10. The highest BCUT2D eigenvalue weighted by Gasteiger charge is 2.70. The Labute approximate surface area is 512 Å². The zero-order valence-electron chi connectivity index (χ0n) is 51.5. The molecule has 5 saturated heterocycles. The van der Waals surface area contributed by atoms with Crippen LogP contribution in [0.5, 0.6) is 0 Å². The van der Waals surface area contributed by atoms with Crippen LogP contribution in [0.15, 0.2) is 11.6 Å². The molecule has 5 heterocycles. The Morgan fingerprint density at radius 3 is 1.61 bits per heavy atom. The van der Waals surface area contributed by atoms with E-state index in [2.05, 4.69) is 33.8 Å². The molecule has 9 rings (SSSR count). The molecule has 28 heteroatoms. The molecule has 18 N–H and O–H groups in total. The molecule has 0 bridgehead atoms. The minimum atomic E-state index is -1.89. The zero-order chi connectivity index (χ0) is 64.7. The van der Waals surface area contributed by atoms with Gasteiger partial charge in [0.1, 0.15) is 104 Å². The minimum absolute atomic E-state index is 0.0111. The zero-order valence-corrected chi connectivity index (χ0v) is 51.5. The van der Waals surface area contributed by atoms with Crippen LogP contribution in [0.4, 0.5) is 0 Å². The Balaban J connectivity index is 0.879. The standard InChI is InChI=1S/C60H102O28/c1-24(9-13-37(57(4,5)78)87-55-50(88-53-38(66)29(64)17-25(19-61)81-53)46(74)42(70)33(85-55)23-80-52-48(76)44(72)40(68)31(21-63)83-52)26-15-16-58(6)34-12-10-27-28(60(34,8)35(65)18-59(26,58)7)11-14-36(56(27,2)3)86-54-49(77)45(73)41(69)32(84-54)22-79-51-47(75)43(71)39(67)30(20-62)82-51/h10,24-26,28-55,61-78H,9,11-23H2,1-8H3/t24-,25+,26?,28?,29+,30-,31-,32-,33-,34?,35-,36+,37-,38-,39-,40-,41-,42-,43+,44+,45+,46+,47-,48-,49-,50-,51+,52+,53+,54+,55+,58+,59-,60+/m1/s1. The van der Waals surface area contributed by atoms with E-state index < -0.39 is 215 Å². The maximum Gasteiger partial charge on any atom is 0.187 e. The minimum Gasteiger partial charge on any atom is -0.394 e. The van der Waals surface area contributed by atoms with E-state index in [0.29, 0.717) is 32.1 Å². The third kappa shape index (κ3) is 13.0. The first-order chi connectivity index (χ1) is 41.2. The van der Waals surface area contributed by atoms with Crippen molar-refractivity contribution in [2.75, 3.05) is 33.0 Å². The predicted molar refractivity (Wildman–Crippen MR) is 299 cm³/mol. The lowest BCUT2D eigenvalue weighted by Gasteiger charge is -2.67. The number of aliphatic hydroxyl groups is 18. The average Bonchev–Trinajstić information content (AvgIpc) is 1.30.